The Labute approximate surface area is 335 Å². The Bertz CT molecular complexity index is 2450. The van der Waals surface area contributed by atoms with Crippen LogP contribution in [0.2, 0.25) is 0 Å². The largest absolute Gasteiger partial charge is 0.490 e. The van der Waals surface area contributed by atoms with Crippen molar-refractivity contribution in [1.29, 1.82) is 0 Å². The number of carbonyl (C=O) groups excluding carboxylic acids is 4. The molecule has 2 fully saturated rings. The van der Waals surface area contributed by atoms with Crippen molar-refractivity contribution < 1.29 is 23.9 Å². The van der Waals surface area contributed by atoms with Crippen molar-refractivity contribution in [3.63, 3.8) is 0 Å². The fourth-order valence-electron chi connectivity index (χ4n) is 8.59. The maximum absolute atomic E-state index is 13.5. The molecule has 0 radical (unpaired) electrons. The third-order valence-electron chi connectivity index (χ3n) is 11.8. The monoisotopic (exact) mass is 782 g/mol. The number of fused-ring (bicyclic) bond motifs is 3. The van der Waals surface area contributed by atoms with Crippen LogP contribution in [-0.2, 0) is 40.9 Å². The number of piperidine rings is 2. The van der Waals surface area contributed by atoms with Crippen molar-refractivity contribution in [2.45, 2.75) is 71.2 Å². The summed E-state index contributed by atoms with van der Waals surface area (Å²) in [6.45, 7) is 7.49. The molecule has 9 rings (SSSR count). The summed E-state index contributed by atoms with van der Waals surface area (Å²) in [5.74, 6) is 0.934. The van der Waals surface area contributed by atoms with E-state index in [4.69, 9.17) is 14.8 Å². The number of benzene rings is 3. The number of imide groups is 1. The van der Waals surface area contributed by atoms with Crippen LogP contribution >= 0.6 is 0 Å². The summed E-state index contributed by atoms with van der Waals surface area (Å²) in [5.41, 5.74) is 8.70. The number of hydrogen-bond acceptors (Lipinski definition) is 11. The first-order valence-corrected chi connectivity index (χ1v) is 19.9. The van der Waals surface area contributed by atoms with Gasteiger partial charge in [0, 0.05) is 82.2 Å². The van der Waals surface area contributed by atoms with E-state index < -0.39 is 11.9 Å². The number of nitrogens with one attached hydrogen (secondary N) is 3. The highest BCUT2D eigenvalue weighted by Crippen LogP contribution is 2.33. The summed E-state index contributed by atoms with van der Waals surface area (Å²) in [5, 5.41) is 14.7. The predicted molar refractivity (Wildman–Crippen MR) is 217 cm³/mol. The highest BCUT2D eigenvalue weighted by atomic mass is 16.5. The smallest absolute Gasteiger partial charge is 0.255 e. The Hall–Kier alpha value is -6.35. The van der Waals surface area contributed by atoms with Crippen LogP contribution in [0.3, 0.4) is 0 Å². The van der Waals surface area contributed by atoms with Crippen molar-refractivity contribution in [1.82, 2.24) is 39.8 Å². The number of ether oxygens (including phenoxy) is 1. The second kappa shape index (κ2) is 15.2. The Morgan fingerprint density at radius 3 is 2.48 bits per heavy atom. The summed E-state index contributed by atoms with van der Waals surface area (Å²) < 4.78 is 8.07. The zero-order valence-electron chi connectivity index (χ0n) is 32.9. The molecule has 4 amide bonds. The van der Waals surface area contributed by atoms with Gasteiger partial charge in [-0.15, -0.1) is 0 Å². The Morgan fingerprint density at radius 2 is 1.69 bits per heavy atom. The van der Waals surface area contributed by atoms with Crippen molar-refractivity contribution in [3.05, 3.63) is 94.2 Å². The van der Waals surface area contributed by atoms with Crippen LogP contribution in [0.15, 0.2) is 60.8 Å². The molecule has 5 aromatic rings. The molecule has 15 heteroatoms. The summed E-state index contributed by atoms with van der Waals surface area (Å²) >= 11 is 0. The third kappa shape index (κ3) is 7.33. The van der Waals surface area contributed by atoms with Gasteiger partial charge in [0.15, 0.2) is 11.5 Å². The Balaban J connectivity index is 0.774. The Morgan fingerprint density at radius 1 is 0.897 bits per heavy atom. The quantitative estimate of drug-likeness (QED) is 0.178. The number of aryl methyl sites for hydroxylation is 3. The molecule has 298 valence electrons. The SMILES string of the molecule is Cc1cccc(C)c1Nc1nn(C)c2nc(Nc3ccc4c(c3)CN(CC(=O)N3CCC(Oc5ccc6c(c5)C(=O)N(C5CCC(=O)NC5=O)C6)CC3)CC4)ncc12. The lowest BCUT2D eigenvalue weighted by atomic mass is 9.99. The van der Waals surface area contributed by atoms with Gasteiger partial charge in [-0.05, 0) is 78.8 Å². The fourth-order valence-corrected chi connectivity index (χ4v) is 8.59. The van der Waals surface area contributed by atoms with E-state index in [1.165, 1.54) is 16.0 Å². The third-order valence-corrected chi connectivity index (χ3v) is 11.8. The molecule has 0 saturated carbocycles. The summed E-state index contributed by atoms with van der Waals surface area (Å²) in [4.78, 5) is 65.9. The average Bonchev–Trinajstić information content (AvgIpc) is 3.70. The fraction of sp³-hybridized carbons (Fsp3) is 0.372. The number of para-hydroxylation sites is 1. The average molecular weight is 783 g/mol. The number of nitrogens with zero attached hydrogens (tertiary/aromatic N) is 7. The van der Waals surface area contributed by atoms with Crippen molar-refractivity contribution in [2.75, 3.05) is 36.8 Å². The zero-order valence-corrected chi connectivity index (χ0v) is 32.9. The van der Waals surface area contributed by atoms with Crippen LogP contribution in [0, 0.1) is 13.8 Å². The summed E-state index contributed by atoms with van der Waals surface area (Å²) in [6.07, 6.45) is 4.49. The highest BCUT2D eigenvalue weighted by Gasteiger charge is 2.39. The summed E-state index contributed by atoms with van der Waals surface area (Å²) in [6, 6.07) is 17.3. The van der Waals surface area contributed by atoms with E-state index >= 15 is 0 Å². The molecule has 0 bridgehead atoms. The van der Waals surface area contributed by atoms with Gasteiger partial charge in [-0.1, -0.05) is 30.3 Å². The van der Waals surface area contributed by atoms with Crippen LogP contribution in [-0.4, -0.2) is 96.4 Å². The second-order valence-electron chi connectivity index (χ2n) is 15.8. The minimum atomic E-state index is -0.653. The van der Waals surface area contributed by atoms with Gasteiger partial charge >= 0.3 is 0 Å². The summed E-state index contributed by atoms with van der Waals surface area (Å²) in [7, 11) is 1.88. The number of rotatable bonds is 9. The number of hydrogen-bond donors (Lipinski definition) is 3. The van der Waals surface area contributed by atoms with Crippen LogP contribution in [0.4, 0.5) is 23.1 Å². The minimum absolute atomic E-state index is 0.0817. The van der Waals surface area contributed by atoms with E-state index in [1.54, 1.807) is 16.9 Å². The van der Waals surface area contributed by atoms with Crippen LogP contribution in [0.25, 0.3) is 11.0 Å². The lowest BCUT2D eigenvalue weighted by Gasteiger charge is -2.35. The molecule has 2 saturated heterocycles. The molecule has 3 N–H and O–H groups in total. The number of aromatic nitrogens is 4. The molecular weight excluding hydrogens is 737 g/mol. The molecule has 15 nitrogen and oxygen atoms in total. The highest BCUT2D eigenvalue weighted by molar-refractivity contribution is 6.05. The molecule has 3 aromatic carbocycles. The van der Waals surface area contributed by atoms with Gasteiger partial charge < -0.3 is 25.2 Å². The van der Waals surface area contributed by atoms with E-state index in [1.807, 2.05) is 36.2 Å². The van der Waals surface area contributed by atoms with Crippen molar-refractivity contribution >= 4 is 57.8 Å². The van der Waals surface area contributed by atoms with E-state index in [0.29, 0.717) is 80.7 Å². The minimum Gasteiger partial charge on any atom is -0.490 e. The number of likely N-dealkylation sites (tertiary alicyclic amines) is 1. The van der Waals surface area contributed by atoms with Crippen molar-refractivity contribution in [2.24, 2.45) is 7.05 Å². The molecule has 1 unspecified atom stereocenters. The Kier molecular flexibility index (Phi) is 9.76. The van der Waals surface area contributed by atoms with Crippen LogP contribution in [0.1, 0.15) is 63.9 Å². The van der Waals surface area contributed by atoms with Gasteiger partial charge in [-0.3, -0.25) is 29.4 Å². The maximum Gasteiger partial charge on any atom is 0.255 e. The van der Waals surface area contributed by atoms with E-state index in [9.17, 15) is 19.2 Å². The van der Waals surface area contributed by atoms with Gasteiger partial charge in [-0.25, -0.2) is 9.67 Å². The lowest BCUT2D eigenvalue weighted by molar-refractivity contribution is -0.137. The zero-order chi connectivity index (χ0) is 40.1. The lowest BCUT2D eigenvalue weighted by Crippen LogP contribution is -2.52. The first-order chi connectivity index (χ1) is 28.1. The molecule has 4 aliphatic rings. The molecule has 0 spiro atoms. The normalized spacial score (nSPS) is 18.6. The number of carbonyl (C=O) groups is 4. The number of amides is 4. The molecule has 58 heavy (non-hydrogen) atoms. The van der Waals surface area contributed by atoms with Gasteiger partial charge in [0.25, 0.3) is 5.91 Å². The topological polar surface area (TPSA) is 167 Å². The first-order valence-electron chi connectivity index (χ1n) is 19.9. The predicted octanol–water partition coefficient (Wildman–Crippen LogP) is 4.66. The van der Waals surface area contributed by atoms with Crippen molar-refractivity contribution in [3.8, 4) is 5.75 Å². The molecule has 0 aliphatic carbocycles. The van der Waals surface area contributed by atoms with E-state index in [0.717, 1.165) is 46.4 Å². The van der Waals surface area contributed by atoms with Gasteiger partial charge in [0.2, 0.25) is 23.7 Å². The molecule has 4 aliphatic heterocycles. The molecule has 1 atom stereocenters. The maximum atomic E-state index is 13.5. The van der Waals surface area contributed by atoms with Crippen LogP contribution in [0.5, 0.6) is 5.75 Å². The van der Waals surface area contributed by atoms with Gasteiger partial charge in [-0.2, -0.15) is 10.1 Å². The first kappa shape index (κ1) is 37.2. The van der Waals surface area contributed by atoms with E-state index in [2.05, 4.69) is 63.9 Å². The van der Waals surface area contributed by atoms with Gasteiger partial charge in [0.05, 0.1) is 11.9 Å². The molecular formula is C43H46N10O5. The molecule has 2 aromatic heterocycles. The standard InChI is InChI=1S/C43H46N10O5/c1-25-5-4-6-26(2)38(25)47-39-34-21-44-43(48-40(34)50(3)49-39)45-30-9-7-27-13-16-51(22-29(27)19-30)24-37(55)52-17-14-31(15-18-52)58-32-10-8-28-23-53(42(57)33(28)20-32)35-11-12-36(54)46-41(35)56/h4-10,19-21,31,35H,11-18,22-24H2,1-3H3,(H,47,49)(H,44,45,48)(H,46,54,56). The number of anilines is 4. The van der Waals surface area contributed by atoms with Gasteiger partial charge in [0.1, 0.15) is 17.9 Å². The second-order valence-corrected chi connectivity index (χ2v) is 15.8. The van der Waals surface area contributed by atoms with E-state index in [-0.39, 0.29) is 30.2 Å². The van der Waals surface area contributed by atoms with Crippen LogP contribution < -0.4 is 20.7 Å². The molecule has 6 heterocycles.